The number of hydrogen-bond donors (Lipinski definition) is 0. The number of rotatable bonds is 5. The molecule has 1 aromatic heterocycles. The van der Waals surface area contributed by atoms with Crippen LogP contribution in [0, 0.1) is 12.8 Å². The lowest BCUT2D eigenvalue weighted by molar-refractivity contribution is -0.0886. The second-order valence-corrected chi connectivity index (χ2v) is 6.05. The molecule has 0 radical (unpaired) electrons. The van der Waals surface area contributed by atoms with Crippen molar-refractivity contribution < 1.29 is 22.3 Å². The number of benzene rings is 1. The van der Waals surface area contributed by atoms with Crippen LogP contribution in [0.1, 0.15) is 23.6 Å². The molecule has 3 rings (SSSR count). The van der Waals surface area contributed by atoms with Gasteiger partial charge in [-0.1, -0.05) is 42.0 Å². The van der Waals surface area contributed by atoms with Gasteiger partial charge in [0.25, 0.3) is 0 Å². The lowest BCUT2D eigenvalue weighted by Gasteiger charge is -2.14. The topological polar surface area (TPSA) is 35.3 Å². The number of aromatic nitrogens is 1. The highest BCUT2D eigenvalue weighted by Gasteiger charge is 2.32. The summed E-state index contributed by atoms with van der Waals surface area (Å²) in [6, 6.07) is 7.69. The van der Waals surface area contributed by atoms with Gasteiger partial charge in [-0.05, 0) is 37.5 Å². The van der Waals surface area contributed by atoms with E-state index in [1.807, 2.05) is 31.2 Å². The molecule has 1 heterocycles. The highest BCUT2D eigenvalue weighted by Crippen LogP contribution is 2.31. The number of halogens is 3. The number of alkyl halides is 3. The minimum Gasteiger partial charge on any atom is -0.487 e. The molecule has 6 heteroatoms. The fraction of sp³-hybridized carbons (Fsp3) is 0.250. The highest BCUT2D eigenvalue weighted by atomic mass is 19.4. The Kier molecular flexibility index (Phi) is 5.30. The normalized spacial score (nSPS) is 17.5. The Hall–Kier alpha value is -2.76. The molecule has 0 N–H and O–H groups in total. The van der Waals surface area contributed by atoms with Gasteiger partial charge in [-0.25, -0.2) is 4.98 Å². The van der Waals surface area contributed by atoms with Crippen molar-refractivity contribution in [2.24, 2.45) is 5.92 Å². The van der Waals surface area contributed by atoms with Crippen molar-refractivity contribution in [3.63, 3.8) is 0 Å². The Morgan fingerprint density at radius 1 is 1.27 bits per heavy atom. The molecule has 1 aliphatic carbocycles. The van der Waals surface area contributed by atoms with E-state index in [9.17, 15) is 13.2 Å². The average Bonchev–Trinajstić information content (AvgIpc) is 3.07. The largest absolute Gasteiger partial charge is 0.487 e. The zero-order valence-electron chi connectivity index (χ0n) is 14.2. The number of nitrogens with zero attached hydrogens (tertiary/aromatic N) is 1. The summed E-state index contributed by atoms with van der Waals surface area (Å²) in [5, 5.41) is 0. The molecule has 136 valence electrons. The van der Waals surface area contributed by atoms with Crippen LogP contribution in [-0.4, -0.2) is 11.2 Å². The van der Waals surface area contributed by atoms with Gasteiger partial charge in [-0.2, -0.15) is 13.2 Å². The van der Waals surface area contributed by atoms with Gasteiger partial charge in [0.2, 0.25) is 5.89 Å². The Balaban J connectivity index is 1.52. The van der Waals surface area contributed by atoms with Crippen molar-refractivity contribution in [2.75, 3.05) is 0 Å². The second-order valence-electron chi connectivity index (χ2n) is 6.05. The molecule has 1 unspecified atom stereocenters. The first-order valence-corrected chi connectivity index (χ1v) is 8.18. The van der Waals surface area contributed by atoms with Gasteiger partial charge >= 0.3 is 6.18 Å². The Bertz CT molecular complexity index is 829. The quantitative estimate of drug-likeness (QED) is 0.691. The van der Waals surface area contributed by atoms with Crippen LogP contribution in [0.25, 0.3) is 6.08 Å². The van der Waals surface area contributed by atoms with E-state index in [1.54, 1.807) is 12.2 Å². The Labute approximate surface area is 149 Å². The molecule has 1 atom stereocenters. The smallest absolute Gasteiger partial charge is 0.416 e. The van der Waals surface area contributed by atoms with Crippen molar-refractivity contribution >= 4 is 6.08 Å². The van der Waals surface area contributed by atoms with E-state index in [0.29, 0.717) is 18.0 Å². The maximum Gasteiger partial charge on any atom is 0.416 e. The van der Waals surface area contributed by atoms with Crippen molar-refractivity contribution in [3.8, 4) is 5.75 Å². The highest BCUT2D eigenvalue weighted by molar-refractivity contribution is 5.41. The van der Waals surface area contributed by atoms with E-state index >= 15 is 0 Å². The van der Waals surface area contributed by atoms with Crippen molar-refractivity contribution in [3.05, 3.63) is 77.6 Å². The third-order valence-electron chi connectivity index (χ3n) is 3.92. The first kappa shape index (κ1) is 18.0. The van der Waals surface area contributed by atoms with E-state index in [1.165, 1.54) is 18.4 Å². The molecule has 0 spiro atoms. The van der Waals surface area contributed by atoms with Crippen LogP contribution < -0.4 is 4.74 Å². The lowest BCUT2D eigenvalue weighted by atomic mass is 9.96. The summed E-state index contributed by atoms with van der Waals surface area (Å²) < 4.78 is 48.7. The van der Waals surface area contributed by atoms with Gasteiger partial charge in [-0.15, -0.1) is 0 Å². The fourth-order valence-corrected chi connectivity index (χ4v) is 2.45. The summed E-state index contributed by atoms with van der Waals surface area (Å²) in [5.41, 5.74) is 1.19. The summed E-state index contributed by atoms with van der Waals surface area (Å²) in [5.74, 6) is 1.03. The summed E-state index contributed by atoms with van der Waals surface area (Å²) in [4.78, 5) is 4.28. The second kappa shape index (κ2) is 7.64. The molecular formula is C20H18F3NO2. The van der Waals surface area contributed by atoms with Crippen molar-refractivity contribution in [1.29, 1.82) is 0 Å². The molecule has 0 fully saturated rings. The van der Waals surface area contributed by atoms with Crippen LogP contribution in [0.3, 0.4) is 0 Å². The third-order valence-corrected chi connectivity index (χ3v) is 3.92. The Morgan fingerprint density at radius 3 is 2.69 bits per heavy atom. The van der Waals surface area contributed by atoms with Crippen LogP contribution in [0.4, 0.5) is 13.2 Å². The minimum absolute atomic E-state index is 0.111. The van der Waals surface area contributed by atoms with Crippen LogP contribution in [0.2, 0.25) is 0 Å². The summed E-state index contributed by atoms with van der Waals surface area (Å²) in [6.45, 7) is 2.28. The summed E-state index contributed by atoms with van der Waals surface area (Å²) in [6.07, 6.45) is 4.79. The molecule has 26 heavy (non-hydrogen) atoms. The van der Waals surface area contributed by atoms with E-state index in [2.05, 4.69) is 4.98 Å². The molecule has 1 aliphatic rings. The molecule has 1 aromatic carbocycles. The summed E-state index contributed by atoms with van der Waals surface area (Å²) in [7, 11) is 0. The van der Waals surface area contributed by atoms with Gasteiger partial charge in [0.05, 0.1) is 5.57 Å². The van der Waals surface area contributed by atoms with Crippen LogP contribution in [0.15, 0.2) is 64.8 Å². The SMILES string of the molecule is Cc1ccc(OCc2coc(/C=C/C3C=CC(C(F)(F)F)=CC3)n2)cc1. The van der Waals surface area contributed by atoms with Crippen LogP contribution >= 0.6 is 0 Å². The Morgan fingerprint density at radius 2 is 2.04 bits per heavy atom. The van der Waals surface area contributed by atoms with Gasteiger partial charge < -0.3 is 9.15 Å². The molecule has 0 amide bonds. The van der Waals surface area contributed by atoms with Gasteiger partial charge in [0.15, 0.2) is 0 Å². The van der Waals surface area contributed by atoms with Gasteiger partial charge in [-0.3, -0.25) is 0 Å². The van der Waals surface area contributed by atoms with E-state index < -0.39 is 11.7 Å². The zero-order valence-corrected chi connectivity index (χ0v) is 14.2. The molecule has 3 nitrogen and oxygen atoms in total. The number of allylic oxidation sites excluding steroid dienone is 5. The molecule has 0 saturated heterocycles. The zero-order chi connectivity index (χ0) is 18.6. The number of hydrogen-bond acceptors (Lipinski definition) is 3. The first-order chi connectivity index (χ1) is 12.4. The lowest BCUT2D eigenvalue weighted by Crippen LogP contribution is -2.12. The van der Waals surface area contributed by atoms with Gasteiger partial charge in [0, 0.05) is 0 Å². The predicted molar refractivity (Wildman–Crippen MR) is 92.4 cm³/mol. The van der Waals surface area contributed by atoms with E-state index in [0.717, 1.165) is 17.4 Å². The summed E-state index contributed by atoms with van der Waals surface area (Å²) >= 11 is 0. The van der Waals surface area contributed by atoms with Crippen LogP contribution in [0.5, 0.6) is 5.75 Å². The first-order valence-electron chi connectivity index (χ1n) is 8.18. The minimum atomic E-state index is -4.29. The number of aryl methyl sites for hydroxylation is 1. The molecule has 2 aromatic rings. The van der Waals surface area contributed by atoms with Crippen molar-refractivity contribution in [1.82, 2.24) is 4.98 Å². The predicted octanol–water partition coefficient (Wildman–Crippen LogP) is 5.64. The van der Waals surface area contributed by atoms with E-state index in [4.69, 9.17) is 9.15 Å². The van der Waals surface area contributed by atoms with Crippen molar-refractivity contribution in [2.45, 2.75) is 26.1 Å². The molecule has 0 bridgehead atoms. The van der Waals surface area contributed by atoms with Gasteiger partial charge in [0.1, 0.15) is 24.3 Å². The molecule has 0 saturated carbocycles. The van der Waals surface area contributed by atoms with E-state index in [-0.39, 0.29) is 12.5 Å². The molecular weight excluding hydrogens is 343 g/mol. The fourth-order valence-electron chi connectivity index (χ4n) is 2.45. The standard InChI is InChI=1S/C20H18F3NO2/c1-14-2-9-18(10-3-14)25-12-17-13-26-19(24-17)11-6-15-4-7-16(8-5-15)20(21,22)23/h2-4,6-11,13,15H,5,12H2,1H3/b11-6+. The third kappa shape index (κ3) is 4.88. The maximum absolute atomic E-state index is 12.6. The number of oxazole rings is 1. The van der Waals surface area contributed by atoms with Crippen LogP contribution in [-0.2, 0) is 6.61 Å². The molecule has 0 aliphatic heterocycles. The maximum atomic E-state index is 12.6. The average molecular weight is 361 g/mol. The monoisotopic (exact) mass is 361 g/mol. The number of ether oxygens (including phenoxy) is 1.